The lowest BCUT2D eigenvalue weighted by Gasteiger charge is -2.37. The fraction of sp³-hybridized carbons (Fsp3) is 0.857. The van der Waals surface area contributed by atoms with E-state index >= 15 is 0 Å². The molecule has 3 N–H and O–H groups in total. The van der Waals surface area contributed by atoms with E-state index in [0.717, 1.165) is 70.9 Å². The number of amides is 3. The molecule has 8 heteroatoms. The Morgan fingerprint density at radius 3 is 2.02 bits per heavy atom. The number of rotatable bonds is 15. The molecule has 0 saturated heterocycles. The van der Waals surface area contributed by atoms with Crippen molar-refractivity contribution in [2.45, 2.75) is 136 Å². The third-order valence-electron chi connectivity index (χ3n) is 10.1. The molecule has 3 amide bonds. The van der Waals surface area contributed by atoms with Crippen LogP contribution in [-0.4, -0.2) is 71.1 Å². The van der Waals surface area contributed by atoms with Crippen molar-refractivity contribution in [3.63, 3.8) is 0 Å². The number of nitrogens with one attached hydrogen (secondary N) is 2. The number of carbonyl (C=O) groups excluding carboxylic acids is 3. The summed E-state index contributed by atoms with van der Waals surface area (Å²) in [4.78, 5) is 42.2. The Labute approximate surface area is 261 Å². The van der Waals surface area contributed by atoms with Gasteiger partial charge in [-0.2, -0.15) is 0 Å². The highest BCUT2D eigenvalue weighted by atomic mass is 16.3. The summed E-state index contributed by atoms with van der Waals surface area (Å²) in [7, 11) is 0. The number of terminal acetylenes is 1. The molecule has 0 radical (unpaired) electrons. The molecular formula is C35H60N4O4. The van der Waals surface area contributed by atoms with E-state index in [-0.39, 0.29) is 47.9 Å². The summed E-state index contributed by atoms with van der Waals surface area (Å²) < 4.78 is 0. The highest BCUT2D eigenvalue weighted by Gasteiger charge is 2.38. The molecule has 3 aliphatic rings. The summed E-state index contributed by atoms with van der Waals surface area (Å²) in [5.74, 6) is 2.67. The fourth-order valence-electron chi connectivity index (χ4n) is 7.61. The third-order valence-corrected chi connectivity index (χ3v) is 10.1. The van der Waals surface area contributed by atoms with Gasteiger partial charge in [0.2, 0.25) is 17.7 Å². The molecule has 244 valence electrons. The van der Waals surface area contributed by atoms with Gasteiger partial charge in [-0.05, 0) is 57.3 Å². The van der Waals surface area contributed by atoms with Crippen molar-refractivity contribution < 1.29 is 19.5 Å². The van der Waals surface area contributed by atoms with Crippen LogP contribution in [0.4, 0.5) is 0 Å². The summed E-state index contributed by atoms with van der Waals surface area (Å²) in [6, 6.07) is -0.423. The van der Waals surface area contributed by atoms with Crippen molar-refractivity contribution in [2.24, 2.45) is 29.6 Å². The van der Waals surface area contributed by atoms with Crippen molar-refractivity contribution >= 4 is 17.7 Å². The first-order valence-electron chi connectivity index (χ1n) is 17.6. The first-order valence-corrected chi connectivity index (χ1v) is 17.6. The largest absolute Gasteiger partial charge is 0.390 e. The number of likely N-dealkylation sites (N-methyl/N-ethyl adjacent to an activating group) is 1. The van der Waals surface area contributed by atoms with Crippen LogP contribution in [-0.2, 0) is 14.4 Å². The lowest BCUT2D eigenvalue weighted by molar-refractivity contribution is -0.139. The van der Waals surface area contributed by atoms with Gasteiger partial charge in [0.15, 0.2) is 0 Å². The Kier molecular flexibility index (Phi) is 15.3. The molecule has 0 aliphatic heterocycles. The van der Waals surface area contributed by atoms with Gasteiger partial charge in [-0.1, -0.05) is 72.1 Å². The second-order valence-electron chi connectivity index (χ2n) is 13.6. The second kappa shape index (κ2) is 18.6. The van der Waals surface area contributed by atoms with Gasteiger partial charge in [0.25, 0.3) is 0 Å². The van der Waals surface area contributed by atoms with E-state index in [2.05, 4.69) is 30.5 Å². The number of hydrogen-bond acceptors (Lipinski definition) is 5. The first-order chi connectivity index (χ1) is 20.8. The smallest absolute Gasteiger partial charge is 0.237 e. The maximum Gasteiger partial charge on any atom is 0.237 e. The van der Waals surface area contributed by atoms with Crippen LogP contribution < -0.4 is 10.7 Å². The quantitative estimate of drug-likeness (QED) is 0.180. The predicted molar refractivity (Wildman–Crippen MR) is 171 cm³/mol. The van der Waals surface area contributed by atoms with E-state index in [0.29, 0.717) is 31.7 Å². The van der Waals surface area contributed by atoms with Crippen LogP contribution in [0.25, 0.3) is 0 Å². The van der Waals surface area contributed by atoms with Gasteiger partial charge in [-0.3, -0.25) is 19.8 Å². The molecule has 0 aromatic carbocycles. The summed E-state index contributed by atoms with van der Waals surface area (Å²) >= 11 is 0. The van der Waals surface area contributed by atoms with Crippen LogP contribution >= 0.6 is 0 Å². The van der Waals surface area contributed by atoms with Crippen LogP contribution in [0, 0.1) is 41.9 Å². The Morgan fingerprint density at radius 2 is 1.44 bits per heavy atom. The maximum atomic E-state index is 13.8. The van der Waals surface area contributed by atoms with Crippen molar-refractivity contribution in [2.75, 3.05) is 26.2 Å². The number of carbonyl (C=O) groups is 3. The van der Waals surface area contributed by atoms with Crippen molar-refractivity contribution in [3.8, 4) is 12.3 Å². The van der Waals surface area contributed by atoms with Crippen LogP contribution in [0.2, 0.25) is 0 Å². The van der Waals surface area contributed by atoms with Crippen molar-refractivity contribution in [1.29, 1.82) is 0 Å². The zero-order valence-corrected chi connectivity index (χ0v) is 27.3. The van der Waals surface area contributed by atoms with Gasteiger partial charge in [0.1, 0.15) is 0 Å². The van der Waals surface area contributed by atoms with Crippen LogP contribution in [0.3, 0.4) is 0 Å². The summed E-state index contributed by atoms with van der Waals surface area (Å²) in [6.07, 6.45) is 20.3. The highest BCUT2D eigenvalue weighted by Crippen LogP contribution is 2.35. The van der Waals surface area contributed by atoms with Crippen molar-refractivity contribution in [1.82, 2.24) is 20.7 Å². The first kappa shape index (κ1) is 35.4. The molecule has 43 heavy (non-hydrogen) atoms. The Balaban J connectivity index is 1.69. The Morgan fingerprint density at radius 1 is 0.837 bits per heavy atom. The monoisotopic (exact) mass is 600 g/mol. The standard InChI is InChI=1S/C35H60N4O4/c1-5-19-38(20-6-2)35(43)30-22-26(7-3)21-29(24-30)33(41)36-31(23-27-15-11-9-12-16-27)32(40)25-39(8-4)37-34(42)28-17-13-10-14-18-28/h3,26-32,40H,5-6,8-25H2,1-2,4H3,(H,36,41)(H,37,42). The van der Waals surface area contributed by atoms with E-state index in [1.165, 1.54) is 25.7 Å². The van der Waals surface area contributed by atoms with Crippen molar-refractivity contribution in [3.05, 3.63) is 0 Å². The predicted octanol–water partition coefficient (Wildman–Crippen LogP) is 5.05. The summed E-state index contributed by atoms with van der Waals surface area (Å²) in [6.45, 7) is 8.41. The van der Waals surface area contributed by atoms with E-state index in [9.17, 15) is 19.5 Å². The molecular weight excluding hydrogens is 540 g/mol. The molecule has 0 spiro atoms. The van der Waals surface area contributed by atoms with Gasteiger partial charge in [0, 0.05) is 49.9 Å². The number of nitrogens with zero attached hydrogens (tertiary/aromatic N) is 2. The van der Waals surface area contributed by atoms with Gasteiger partial charge in [-0.25, -0.2) is 5.01 Å². The van der Waals surface area contributed by atoms with E-state index in [1.807, 2.05) is 11.8 Å². The zero-order chi connectivity index (χ0) is 31.2. The summed E-state index contributed by atoms with van der Waals surface area (Å²) in [5.41, 5.74) is 3.06. The molecule has 0 bridgehead atoms. The Bertz CT molecular complexity index is 902. The molecule has 5 unspecified atom stereocenters. The molecule has 3 fully saturated rings. The minimum Gasteiger partial charge on any atom is -0.390 e. The minimum absolute atomic E-state index is 0.0364. The lowest BCUT2D eigenvalue weighted by Crippen LogP contribution is -2.55. The van der Waals surface area contributed by atoms with Gasteiger partial charge < -0.3 is 15.3 Å². The average molecular weight is 601 g/mol. The molecule has 3 aliphatic carbocycles. The molecule has 8 nitrogen and oxygen atoms in total. The molecule has 0 aromatic heterocycles. The SMILES string of the molecule is C#CC1CC(C(=O)NC(CC2CCCCC2)C(O)CN(CC)NC(=O)C2CCCCC2)CC(C(=O)N(CCC)CCC)C1. The topological polar surface area (TPSA) is 102 Å². The number of hydrogen-bond donors (Lipinski definition) is 3. The van der Waals surface area contributed by atoms with E-state index < -0.39 is 12.1 Å². The normalized spacial score (nSPS) is 25.0. The second-order valence-corrected chi connectivity index (χ2v) is 13.6. The lowest BCUT2D eigenvalue weighted by atomic mass is 9.74. The van der Waals surface area contributed by atoms with Crippen LogP contribution in [0.5, 0.6) is 0 Å². The number of aliphatic hydroxyl groups excluding tert-OH is 1. The Hall–Kier alpha value is -2.11. The van der Waals surface area contributed by atoms with Gasteiger partial charge in [0.05, 0.1) is 12.1 Å². The maximum absolute atomic E-state index is 13.8. The van der Waals surface area contributed by atoms with E-state index in [1.54, 1.807) is 5.01 Å². The molecule has 3 saturated carbocycles. The molecule has 0 aromatic rings. The average Bonchev–Trinajstić information content (AvgIpc) is 3.04. The third kappa shape index (κ3) is 11.1. The minimum atomic E-state index is -0.827. The summed E-state index contributed by atoms with van der Waals surface area (Å²) in [5, 5.41) is 16.6. The van der Waals surface area contributed by atoms with E-state index in [4.69, 9.17) is 6.42 Å². The van der Waals surface area contributed by atoms with Crippen LogP contribution in [0.1, 0.15) is 124 Å². The number of aliphatic hydroxyl groups is 1. The van der Waals surface area contributed by atoms with Gasteiger partial charge >= 0.3 is 0 Å². The highest BCUT2D eigenvalue weighted by molar-refractivity contribution is 5.83. The van der Waals surface area contributed by atoms with Crippen LogP contribution in [0.15, 0.2) is 0 Å². The molecule has 3 rings (SSSR count). The van der Waals surface area contributed by atoms with Gasteiger partial charge in [-0.15, -0.1) is 12.3 Å². The fourth-order valence-corrected chi connectivity index (χ4v) is 7.61. The zero-order valence-electron chi connectivity index (χ0n) is 27.3. The molecule has 5 atom stereocenters. The number of hydrazine groups is 1. The molecule has 0 heterocycles.